The molecule has 0 fully saturated rings. The Bertz CT molecular complexity index is 734. The third-order valence-corrected chi connectivity index (χ3v) is 4.26. The van der Waals surface area contributed by atoms with Crippen LogP contribution in [-0.2, 0) is 4.79 Å². The van der Waals surface area contributed by atoms with E-state index in [0.717, 1.165) is 17.1 Å². The SMILES string of the molecule is CCC(C)(NC(=O)c1cc(C)n(-c2ccccc2)c1C)C(=O)O. The van der Waals surface area contributed by atoms with Crippen molar-refractivity contribution in [3.05, 3.63) is 53.3 Å². The number of para-hydroxylation sites is 1. The first kappa shape index (κ1) is 16.8. The maximum Gasteiger partial charge on any atom is 0.329 e. The van der Waals surface area contributed by atoms with Crippen LogP contribution in [0.3, 0.4) is 0 Å². The second kappa shape index (κ2) is 6.28. The number of carboxylic acids is 1. The first-order valence-corrected chi connectivity index (χ1v) is 7.60. The highest BCUT2D eigenvalue weighted by Gasteiger charge is 2.33. The summed E-state index contributed by atoms with van der Waals surface area (Å²) < 4.78 is 1.99. The van der Waals surface area contributed by atoms with Crippen molar-refractivity contribution in [2.75, 3.05) is 0 Å². The normalized spacial score (nSPS) is 13.4. The molecule has 0 spiro atoms. The standard InChI is InChI=1S/C18H22N2O3/c1-5-18(4,17(22)23)19-16(21)15-11-12(2)20(13(15)3)14-9-7-6-8-10-14/h6-11H,5H2,1-4H3,(H,19,21)(H,22,23). The van der Waals surface area contributed by atoms with Gasteiger partial charge in [-0.2, -0.15) is 0 Å². The Morgan fingerprint density at radius 1 is 1.22 bits per heavy atom. The van der Waals surface area contributed by atoms with E-state index >= 15 is 0 Å². The summed E-state index contributed by atoms with van der Waals surface area (Å²) in [6.45, 7) is 7.04. The van der Waals surface area contributed by atoms with Crippen LogP contribution < -0.4 is 5.32 Å². The lowest BCUT2D eigenvalue weighted by atomic mass is 9.98. The molecule has 0 saturated carbocycles. The van der Waals surface area contributed by atoms with Gasteiger partial charge in [-0.25, -0.2) is 4.79 Å². The van der Waals surface area contributed by atoms with Gasteiger partial charge >= 0.3 is 5.97 Å². The van der Waals surface area contributed by atoms with Crippen LogP contribution in [0.2, 0.25) is 0 Å². The van der Waals surface area contributed by atoms with Crippen molar-refractivity contribution in [1.29, 1.82) is 0 Å². The van der Waals surface area contributed by atoms with E-state index in [9.17, 15) is 14.7 Å². The summed E-state index contributed by atoms with van der Waals surface area (Å²) in [5, 5.41) is 12.0. The number of carbonyl (C=O) groups excluding carboxylic acids is 1. The van der Waals surface area contributed by atoms with Gasteiger partial charge in [-0.1, -0.05) is 25.1 Å². The summed E-state index contributed by atoms with van der Waals surface area (Å²) in [7, 11) is 0. The summed E-state index contributed by atoms with van der Waals surface area (Å²) in [5.74, 6) is -1.41. The van der Waals surface area contributed by atoms with E-state index in [2.05, 4.69) is 5.32 Å². The smallest absolute Gasteiger partial charge is 0.329 e. The van der Waals surface area contributed by atoms with E-state index in [-0.39, 0.29) is 5.91 Å². The number of nitrogens with one attached hydrogen (secondary N) is 1. The first-order chi connectivity index (χ1) is 10.8. The number of hydrogen-bond acceptors (Lipinski definition) is 2. The zero-order valence-corrected chi connectivity index (χ0v) is 13.9. The number of nitrogens with zero attached hydrogens (tertiary/aromatic N) is 1. The predicted molar refractivity (Wildman–Crippen MR) is 89.0 cm³/mol. The molecule has 122 valence electrons. The molecule has 1 aromatic heterocycles. The van der Waals surface area contributed by atoms with Crippen LogP contribution in [0.25, 0.3) is 5.69 Å². The van der Waals surface area contributed by atoms with Crippen molar-refractivity contribution in [3.8, 4) is 5.69 Å². The number of benzene rings is 1. The molecule has 1 amide bonds. The molecule has 2 aromatic rings. The topological polar surface area (TPSA) is 71.3 Å². The molecule has 0 saturated heterocycles. The number of carbonyl (C=O) groups is 2. The Morgan fingerprint density at radius 3 is 2.35 bits per heavy atom. The van der Waals surface area contributed by atoms with Gasteiger partial charge < -0.3 is 15.0 Å². The Morgan fingerprint density at radius 2 is 1.83 bits per heavy atom. The molecular formula is C18H22N2O3. The average Bonchev–Trinajstić information content (AvgIpc) is 2.82. The van der Waals surface area contributed by atoms with Crippen molar-refractivity contribution >= 4 is 11.9 Å². The maximum absolute atomic E-state index is 12.6. The highest BCUT2D eigenvalue weighted by atomic mass is 16.4. The minimum Gasteiger partial charge on any atom is -0.480 e. The molecule has 23 heavy (non-hydrogen) atoms. The number of aryl methyl sites for hydroxylation is 1. The molecule has 5 nitrogen and oxygen atoms in total. The molecule has 2 N–H and O–H groups in total. The molecule has 0 bridgehead atoms. The Balaban J connectivity index is 2.39. The van der Waals surface area contributed by atoms with E-state index in [4.69, 9.17) is 0 Å². The van der Waals surface area contributed by atoms with E-state index in [1.54, 1.807) is 13.0 Å². The molecule has 2 rings (SSSR count). The van der Waals surface area contributed by atoms with Crippen LogP contribution >= 0.6 is 0 Å². The van der Waals surface area contributed by atoms with Crippen molar-refractivity contribution in [3.63, 3.8) is 0 Å². The highest BCUT2D eigenvalue weighted by Crippen LogP contribution is 2.21. The van der Waals surface area contributed by atoms with Crippen molar-refractivity contribution in [2.45, 2.75) is 39.7 Å². The lowest BCUT2D eigenvalue weighted by Crippen LogP contribution is -2.51. The highest BCUT2D eigenvalue weighted by molar-refractivity contribution is 5.99. The second-order valence-electron chi connectivity index (χ2n) is 5.90. The third-order valence-electron chi connectivity index (χ3n) is 4.26. The number of hydrogen-bond donors (Lipinski definition) is 2. The summed E-state index contributed by atoms with van der Waals surface area (Å²) in [5.41, 5.74) is 1.90. The molecule has 0 radical (unpaired) electrons. The number of aliphatic carboxylic acids is 1. The first-order valence-electron chi connectivity index (χ1n) is 7.60. The van der Waals surface area contributed by atoms with Crippen molar-refractivity contribution in [1.82, 2.24) is 9.88 Å². The van der Waals surface area contributed by atoms with Gasteiger partial charge in [0.05, 0.1) is 5.56 Å². The molecule has 0 aliphatic carbocycles. The van der Waals surface area contributed by atoms with Gasteiger partial charge in [0.1, 0.15) is 5.54 Å². The Kier molecular flexibility index (Phi) is 4.59. The summed E-state index contributed by atoms with van der Waals surface area (Å²) in [4.78, 5) is 23.9. The second-order valence-corrected chi connectivity index (χ2v) is 5.90. The van der Waals surface area contributed by atoms with Gasteiger partial charge in [-0.3, -0.25) is 4.79 Å². The van der Waals surface area contributed by atoms with Crippen molar-refractivity contribution in [2.24, 2.45) is 0 Å². The van der Waals surface area contributed by atoms with Crippen LogP contribution in [0, 0.1) is 13.8 Å². The molecule has 0 aliphatic heterocycles. The van der Waals surface area contributed by atoms with E-state index in [1.165, 1.54) is 6.92 Å². The Labute approximate surface area is 135 Å². The van der Waals surface area contributed by atoms with Gasteiger partial charge in [0.2, 0.25) is 0 Å². The van der Waals surface area contributed by atoms with Crippen LogP contribution in [-0.4, -0.2) is 27.1 Å². The quantitative estimate of drug-likeness (QED) is 0.891. The number of aromatic nitrogens is 1. The van der Waals surface area contributed by atoms with E-state index in [0.29, 0.717) is 12.0 Å². The fourth-order valence-corrected chi connectivity index (χ4v) is 2.58. The third kappa shape index (κ3) is 3.13. The van der Waals surface area contributed by atoms with Crippen LogP contribution in [0.5, 0.6) is 0 Å². The lowest BCUT2D eigenvalue weighted by molar-refractivity contribution is -0.143. The van der Waals surface area contributed by atoms with Crippen LogP contribution in [0.15, 0.2) is 36.4 Å². The molecule has 1 atom stereocenters. The molecule has 1 aromatic carbocycles. The predicted octanol–water partition coefficient (Wildman–Crippen LogP) is 3.08. The zero-order chi connectivity index (χ0) is 17.2. The largest absolute Gasteiger partial charge is 0.480 e. The molecule has 1 heterocycles. The minimum absolute atomic E-state index is 0.311. The van der Waals surface area contributed by atoms with Gasteiger partial charge in [0.15, 0.2) is 0 Å². The van der Waals surface area contributed by atoms with Gasteiger partial charge in [-0.15, -0.1) is 0 Å². The van der Waals surface area contributed by atoms with Gasteiger partial charge in [0.25, 0.3) is 5.91 Å². The molecule has 1 unspecified atom stereocenters. The molecule has 5 heteroatoms. The van der Waals surface area contributed by atoms with E-state index in [1.807, 2.05) is 48.7 Å². The summed E-state index contributed by atoms with van der Waals surface area (Å²) in [6, 6.07) is 11.5. The lowest BCUT2D eigenvalue weighted by Gasteiger charge is -2.24. The Hall–Kier alpha value is -2.56. The maximum atomic E-state index is 12.6. The number of carboxylic acid groups (broad SMARTS) is 1. The zero-order valence-electron chi connectivity index (χ0n) is 13.9. The fraction of sp³-hybridized carbons (Fsp3) is 0.333. The number of amides is 1. The summed E-state index contributed by atoms with van der Waals surface area (Å²) in [6.07, 6.45) is 0.311. The monoisotopic (exact) mass is 314 g/mol. The minimum atomic E-state index is -1.27. The molecular weight excluding hydrogens is 292 g/mol. The van der Waals surface area contributed by atoms with E-state index < -0.39 is 11.5 Å². The van der Waals surface area contributed by atoms with Crippen LogP contribution in [0.1, 0.15) is 42.0 Å². The number of rotatable bonds is 5. The average molecular weight is 314 g/mol. The summed E-state index contributed by atoms with van der Waals surface area (Å²) >= 11 is 0. The van der Waals surface area contributed by atoms with Crippen molar-refractivity contribution < 1.29 is 14.7 Å². The van der Waals surface area contributed by atoms with Crippen LogP contribution in [0.4, 0.5) is 0 Å². The van der Waals surface area contributed by atoms with Gasteiger partial charge in [0, 0.05) is 17.1 Å². The molecule has 0 aliphatic rings. The fourth-order valence-electron chi connectivity index (χ4n) is 2.58. The van der Waals surface area contributed by atoms with Gasteiger partial charge in [-0.05, 0) is 45.4 Å².